The maximum absolute atomic E-state index is 3.98. The molecule has 0 aromatic rings. The molecule has 1 nitrogen and oxygen atoms in total. The van der Waals surface area contributed by atoms with Crippen LogP contribution in [0.1, 0.15) is 78.6 Å². The van der Waals surface area contributed by atoms with Gasteiger partial charge in [-0.1, -0.05) is 46.5 Å². The van der Waals surface area contributed by atoms with Gasteiger partial charge in [0.1, 0.15) is 0 Å². The van der Waals surface area contributed by atoms with Gasteiger partial charge in [0.05, 0.1) is 0 Å². The molecule has 0 aromatic heterocycles. The number of nitrogens with one attached hydrogen (secondary N) is 1. The van der Waals surface area contributed by atoms with Gasteiger partial charge in [0.2, 0.25) is 0 Å². The zero-order chi connectivity index (χ0) is 12.3. The second kappa shape index (κ2) is 5.73. The molecule has 0 heterocycles. The summed E-state index contributed by atoms with van der Waals surface area (Å²) in [4.78, 5) is 0. The monoisotopic (exact) mass is 237 g/mol. The lowest BCUT2D eigenvalue weighted by atomic mass is 9.74. The predicted octanol–water partition coefficient (Wildman–Crippen LogP) is 4.51. The number of hydrogen-bond acceptors (Lipinski definition) is 1. The molecule has 0 aromatic carbocycles. The van der Waals surface area contributed by atoms with E-state index in [9.17, 15) is 0 Å². The van der Waals surface area contributed by atoms with E-state index in [1.807, 2.05) is 0 Å². The van der Waals surface area contributed by atoms with Gasteiger partial charge in [-0.3, -0.25) is 0 Å². The third-order valence-corrected chi connectivity index (χ3v) is 5.04. The topological polar surface area (TPSA) is 12.0 Å². The van der Waals surface area contributed by atoms with Crippen molar-refractivity contribution in [1.29, 1.82) is 0 Å². The Morgan fingerprint density at radius 1 is 1.06 bits per heavy atom. The average molecular weight is 237 g/mol. The van der Waals surface area contributed by atoms with E-state index in [1.54, 1.807) is 0 Å². The Balaban J connectivity index is 1.80. The molecule has 2 fully saturated rings. The van der Waals surface area contributed by atoms with Crippen molar-refractivity contribution in [3.05, 3.63) is 0 Å². The van der Waals surface area contributed by atoms with E-state index in [0.717, 1.165) is 18.0 Å². The van der Waals surface area contributed by atoms with Crippen molar-refractivity contribution in [2.75, 3.05) is 0 Å². The summed E-state index contributed by atoms with van der Waals surface area (Å²) in [6.45, 7) is 7.24. The number of rotatable bonds is 3. The predicted molar refractivity (Wildman–Crippen MR) is 75.2 cm³/mol. The summed E-state index contributed by atoms with van der Waals surface area (Å²) in [5.41, 5.74) is 0.578. The lowest BCUT2D eigenvalue weighted by Gasteiger charge is -2.39. The van der Waals surface area contributed by atoms with Crippen LogP contribution in [-0.4, -0.2) is 12.1 Å². The van der Waals surface area contributed by atoms with E-state index in [4.69, 9.17) is 0 Å². The Morgan fingerprint density at radius 3 is 2.53 bits per heavy atom. The largest absolute Gasteiger partial charge is 0.311 e. The van der Waals surface area contributed by atoms with Crippen molar-refractivity contribution in [1.82, 2.24) is 5.32 Å². The van der Waals surface area contributed by atoms with Crippen LogP contribution in [0.25, 0.3) is 0 Å². The van der Waals surface area contributed by atoms with Crippen molar-refractivity contribution >= 4 is 0 Å². The zero-order valence-corrected chi connectivity index (χ0v) is 12.1. The molecular formula is C16H31N. The Bertz CT molecular complexity index is 234. The fourth-order valence-corrected chi connectivity index (χ4v) is 3.99. The van der Waals surface area contributed by atoms with Crippen molar-refractivity contribution in [2.24, 2.45) is 11.3 Å². The van der Waals surface area contributed by atoms with Crippen LogP contribution in [0.5, 0.6) is 0 Å². The molecule has 0 spiro atoms. The van der Waals surface area contributed by atoms with E-state index < -0.39 is 0 Å². The first-order valence-electron chi connectivity index (χ1n) is 7.85. The van der Waals surface area contributed by atoms with E-state index >= 15 is 0 Å². The summed E-state index contributed by atoms with van der Waals surface area (Å²) in [5.74, 6) is 0.998. The summed E-state index contributed by atoms with van der Waals surface area (Å²) in [7, 11) is 0. The van der Waals surface area contributed by atoms with E-state index in [-0.39, 0.29) is 0 Å². The molecule has 2 rings (SSSR count). The molecule has 3 atom stereocenters. The molecule has 0 saturated heterocycles. The molecule has 2 saturated carbocycles. The summed E-state index contributed by atoms with van der Waals surface area (Å²) in [5, 5.41) is 3.98. The molecule has 2 aliphatic carbocycles. The number of hydrogen-bond donors (Lipinski definition) is 1. The molecule has 3 unspecified atom stereocenters. The maximum Gasteiger partial charge on any atom is 0.00747 e. The third kappa shape index (κ3) is 3.98. The van der Waals surface area contributed by atoms with Crippen molar-refractivity contribution < 1.29 is 0 Å². The molecule has 1 heteroatoms. The minimum absolute atomic E-state index is 0.578. The molecule has 0 amide bonds. The maximum atomic E-state index is 3.98. The summed E-state index contributed by atoms with van der Waals surface area (Å²) < 4.78 is 0. The van der Waals surface area contributed by atoms with Crippen LogP contribution in [0.3, 0.4) is 0 Å². The Morgan fingerprint density at radius 2 is 1.82 bits per heavy atom. The fraction of sp³-hybridized carbons (Fsp3) is 1.00. The standard InChI is InChI=1S/C16H31N/c1-4-13-7-5-8-14(11-13)17-15-9-6-10-16(2,3)12-15/h13-15,17H,4-12H2,1-3H3. The van der Waals surface area contributed by atoms with Gasteiger partial charge >= 0.3 is 0 Å². The lowest BCUT2D eigenvalue weighted by Crippen LogP contribution is -2.44. The first-order valence-corrected chi connectivity index (χ1v) is 7.85. The van der Waals surface area contributed by atoms with Gasteiger partial charge < -0.3 is 5.32 Å². The van der Waals surface area contributed by atoms with Crippen LogP contribution in [0, 0.1) is 11.3 Å². The minimum Gasteiger partial charge on any atom is -0.311 e. The highest BCUT2D eigenvalue weighted by atomic mass is 15.0. The molecule has 0 bridgehead atoms. The molecule has 1 N–H and O–H groups in total. The third-order valence-electron chi connectivity index (χ3n) is 5.04. The highest BCUT2D eigenvalue weighted by molar-refractivity contribution is 4.87. The Hall–Kier alpha value is -0.0400. The average Bonchev–Trinajstić information content (AvgIpc) is 2.28. The van der Waals surface area contributed by atoms with Crippen molar-refractivity contribution in [3.8, 4) is 0 Å². The smallest absolute Gasteiger partial charge is 0.00747 e. The molecular weight excluding hydrogens is 206 g/mol. The minimum atomic E-state index is 0.578. The quantitative estimate of drug-likeness (QED) is 0.761. The molecule has 0 radical (unpaired) electrons. The van der Waals surface area contributed by atoms with Gasteiger partial charge in [0.15, 0.2) is 0 Å². The highest BCUT2D eigenvalue weighted by Gasteiger charge is 2.30. The normalized spacial score (nSPS) is 37.9. The van der Waals surface area contributed by atoms with Crippen LogP contribution in [0.2, 0.25) is 0 Å². The Kier molecular flexibility index (Phi) is 4.52. The van der Waals surface area contributed by atoms with Gasteiger partial charge in [-0.25, -0.2) is 0 Å². The Labute approximate surface area is 108 Å². The van der Waals surface area contributed by atoms with E-state index in [1.165, 1.54) is 57.8 Å². The molecule has 2 aliphatic rings. The van der Waals surface area contributed by atoms with Crippen LogP contribution in [0.4, 0.5) is 0 Å². The van der Waals surface area contributed by atoms with Crippen LogP contribution in [0.15, 0.2) is 0 Å². The van der Waals surface area contributed by atoms with Crippen molar-refractivity contribution in [3.63, 3.8) is 0 Å². The van der Waals surface area contributed by atoms with E-state index in [2.05, 4.69) is 26.1 Å². The van der Waals surface area contributed by atoms with Crippen molar-refractivity contribution in [2.45, 2.75) is 90.6 Å². The molecule has 100 valence electrons. The SMILES string of the molecule is CCC1CCCC(NC2CCCC(C)(C)C2)C1. The van der Waals surface area contributed by atoms with Gasteiger partial charge in [-0.05, 0) is 43.4 Å². The highest BCUT2D eigenvalue weighted by Crippen LogP contribution is 2.36. The van der Waals surface area contributed by atoms with E-state index in [0.29, 0.717) is 5.41 Å². The van der Waals surface area contributed by atoms with Gasteiger partial charge in [0.25, 0.3) is 0 Å². The fourth-order valence-electron chi connectivity index (χ4n) is 3.99. The molecule has 0 aliphatic heterocycles. The van der Waals surface area contributed by atoms with Gasteiger partial charge in [-0.15, -0.1) is 0 Å². The second-order valence-corrected chi connectivity index (χ2v) is 7.26. The first-order chi connectivity index (χ1) is 8.09. The van der Waals surface area contributed by atoms with Crippen LogP contribution >= 0.6 is 0 Å². The van der Waals surface area contributed by atoms with Crippen LogP contribution in [-0.2, 0) is 0 Å². The van der Waals surface area contributed by atoms with Gasteiger partial charge in [-0.2, -0.15) is 0 Å². The van der Waals surface area contributed by atoms with Crippen LogP contribution < -0.4 is 5.32 Å². The summed E-state index contributed by atoms with van der Waals surface area (Å²) >= 11 is 0. The zero-order valence-electron chi connectivity index (χ0n) is 12.1. The summed E-state index contributed by atoms with van der Waals surface area (Å²) in [6.07, 6.45) is 12.8. The first kappa shape index (κ1) is 13.4. The lowest BCUT2D eigenvalue weighted by molar-refractivity contribution is 0.170. The van der Waals surface area contributed by atoms with Gasteiger partial charge in [0, 0.05) is 12.1 Å². The second-order valence-electron chi connectivity index (χ2n) is 7.26. The molecule has 17 heavy (non-hydrogen) atoms. The summed E-state index contributed by atoms with van der Waals surface area (Å²) in [6, 6.07) is 1.63.